The number of nitrogens with zero attached hydrogens (tertiary/aromatic N) is 7. The lowest BCUT2D eigenvalue weighted by Crippen LogP contribution is -2.64. The number of esters is 1. The van der Waals surface area contributed by atoms with Crippen molar-refractivity contribution in [2.75, 3.05) is 53.5 Å². The van der Waals surface area contributed by atoms with Gasteiger partial charge in [-0.15, -0.1) is 11.3 Å². The van der Waals surface area contributed by atoms with Gasteiger partial charge < -0.3 is 34.1 Å². The fraction of sp³-hybridized carbons (Fsp3) is 0.549. The Morgan fingerprint density at radius 2 is 1.84 bits per heavy atom. The van der Waals surface area contributed by atoms with E-state index in [9.17, 15) is 28.4 Å². The number of methoxy groups -OCH3 is 1. The number of cyclic esters (lactones) is 1. The summed E-state index contributed by atoms with van der Waals surface area (Å²) in [6.45, 7) is 17.9. The Balaban J connectivity index is 1.10. The summed E-state index contributed by atoms with van der Waals surface area (Å²) < 4.78 is 27.7. The molecular formula is C51H66FN9O7S. The maximum atomic E-state index is 14.7. The molecule has 1 unspecified atom stereocenters. The Morgan fingerprint density at radius 1 is 1.10 bits per heavy atom. The molecule has 3 saturated heterocycles. The van der Waals surface area contributed by atoms with Crippen molar-refractivity contribution in [2.45, 2.75) is 111 Å². The Hall–Kier alpha value is -5.72. The standard InChI is InChI=1S/C51H66FN9O7S/c1-10-60-40-16-15-33-23-35(40)36(44(60)34-13-11-19-53-42(34)32(5)67-9)25-50(6,7)29-68-48(65)37-14-12-20-61(56-37)47(64)38(24-41-54-39(33)26-69-41)55-45(62)43(30(2)3)57(8)49(66)58-21-17-51(18-22-58)27-59(28-51)46(63)31(4)52/h11,13,15-16,19,23,26,30,32,37-38,43,56H,4,10,12,14,17-18,20-22,24-25,27-29H2,1-3,5-9H3,(H,55,62)/t32-,37-,38-,43?/m0/s1. The minimum absolute atomic E-state index is 0.0635. The number of halogens is 1. The number of likely N-dealkylation sites (N-methyl/N-ethyl adjacent to an activating group) is 1. The molecule has 16 nitrogen and oxygen atoms in total. The van der Waals surface area contributed by atoms with Crippen LogP contribution in [-0.2, 0) is 48.0 Å². The van der Waals surface area contributed by atoms with Crippen molar-refractivity contribution in [1.82, 2.24) is 45.0 Å². The molecule has 4 aliphatic heterocycles. The summed E-state index contributed by atoms with van der Waals surface area (Å²) in [5, 5.41) is 8.08. The zero-order chi connectivity index (χ0) is 49.5. The third kappa shape index (κ3) is 10.0. The number of thiazole rings is 1. The van der Waals surface area contributed by atoms with Crippen LogP contribution in [0.25, 0.3) is 33.4 Å². The van der Waals surface area contributed by atoms with Crippen molar-refractivity contribution in [3.8, 4) is 22.5 Å². The number of aromatic nitrogens is 3. The van der Waals surface area contributed by atoms with Crippen LogP contribution in [0.4, 0.5) is 9.18 Å². The highest BCUT2D eigenvalue weighted by molar-refractivity contribution is 7.10. The van der Waals surface area contributed by atoms with Crippen molar-refractivity contribution >= 4 is 52.0 Å². The minimum Gasteiger partial charge on any atom is -0.464 e. The van der Waals surface area contributed by atoms with Gasteiger partial charge in [-0.1, -0.05) is 40.3 Å². The number of carbonyl (C=O) groups excluding carboxylic acids is 5. The number of urea groups is 1. The van der Waals surface area contributed by atoms with Crippen LogP contribution in [0.15, 0.2) is 54.3 Å². The van der Waals surface area contributed by atoms with Gasteiger partial charge >= 0.3 is 12.0 Å². The number of benzene rings is 1. The average molecular weight is 968 g/mol. The van der Waals surface area contributed by atoms with Crippen LogP contribution >= 0.6 is 11.3 Å². The number of hydrazine groups is 1. The SMILES string of the molecule is C=C(F)C(=O)N1CC2(CCN(C(=O)N(C)C(C(=O)N[C@H]3Cc4nc(cs4)-c4ccc5c(c4)c(c(-c4cccnc4[C@H](C)OC)n5CC)CC(C)(C)COC(=O)[C@@H]4CCCN(N4)C3=O)C(C)C)CC2)C1. The molecule has 0 aliphatic carbocycles. The third-order valence-corrected chi connectivity index (χ3v) is 15.3. The second kappa shape index (κ2) is 19.9. The number of nitrogens with one attached hydrogen (secondary N) is 2. The van der Waals surface area contributed by atoms with E-state index in [-0.39, 0.29) is 36.5 Å². The van der Waals surface area contributed by atoms with E-state index < -0.39 is 53.1 Å². The van der Waals surface area contributed by atoms with Gasteiger partial charge in [0.05, 0.1) is 34.8 Å². The molecular weight excluding hydrogens is 902 g/mol. The molecule has 0 radical (unpaired) electrons. The normalized spacial score (nSPS) is 21.3. The van der Waals surface area contributed by atoms with Gasteiger partial charge in [0.25, 0.3) is 11.8 Å². The van der Waals surface area contributed by atoms with Gasteiger partial charge in [0.15, 0.2) is 5.83 Å². The molecule has 4 aromatic rings. The Labute approximate surface area is 407 Å². The van der Waals surface area contributed by atoms with Crippen molar-refractivity contribution in [3.63, 3.8) is 0 Å². The summed E-state index contributed by atoms with van der Waals surface area (Å²) in [5.74, 6) is -3.40. The number of aryl methyl sites for hydroxylation is 1. The molecule has 69 heavy (non-hydrogen) atoms. The van der Waals surface area contributed by atoms with Crippen LogP contribution in [0.2, 0.25) is 0 Å². The van der Waals surface area contributed by atoms with Gasteiger partial charge in [0.2, 0.25) is 5.91 Å². The molecule has 4 aliphatic rings. The Morgan fingerprint density at radius 3 is 2.52 bits per heavy atom. The van der Waals surface area contributed by atoms with Crippen molar-refractivity contribution in [3.05, 3.63) is 70.6 Å². The predicted octanol–water partition coefficient (Wildman–Crippen LogP) is 6.69. The fourth-order valence-electron chi connectivity index (χ4n) is 10.7. The quantitative estimate of drug-likeness (QED) is 0.136. The molecule has 6 bridgehead atoms. The smallest absolute Gasteiger partial charge is 0.324 e. The van der Waals surface area contributed by atoms with E-state index in [2.05, 4.69) is 66.9 Å². The van der Waals surface area contributed by atoms with Gasteiger partial charge in [0, 0.05) is 104 Å². The van der Waals surface area contributed by atoms with Crippen molar-refractivity contribution < 1.29 is 37.8 Å². The molecule has 0 saturated carbocycles. The number of carbonyl (C=O) groups is 5. The molecule has 8 rings (SSSR count). The first kappa shape index (κ1) is 49.7. The highest BCUT2D eigenvalue weighted by Crippen LogP contribution is 2.43. The van der Waals surface area contributed by atoms with Crippen LogP contribution in [-0.4, -0.2) is 136 Å². The Bertz CT molecular complexity index is 2630. The largest absolute Gasteiger partial charge is 0.464 e. The molecule has 1 spiro atoms. The van der Waals surface area contributed by atoms with Gasteiger partial charge in [-0.05, 0) is 81.7 Å². The maximum Gasteiger partial charge on any atom is 0.324 e. The van der Waals surface area contributed by atoms with Gasteiger partial charge in [-0.25, -0.2) is 19.6 Å². The first-order valence-corrected chi connectivity index (χ1v) is 25.0. The molecule has 3 fully saturated rings. The molecule has 3 aromatic heterocycles. The van der Waals surface area contributed by atoms with Gasteiger partial charge in [-0.3, -0.25) is 29.2 Å². The highest BCUT2D eigenvalue weighted by Gasteiger charge is 2.48. The molecule has 5 amide bonds. The van der Waals surface area contributed by atoms with E-state index in [0.717, 1.165) is 44.7 Å². The molecule has 4 atom stereocenters. The van der Waals surface area contributed by atoms with Crippen LogP contribution in [0.5, 0.6) is 0 Å². The summed E-state index contributed by atoms with van der Waals surface area (Å²) in [7, 11) is 3.28. The lowest BCUT2D eigenvalue weighted by molar-refractivity contribution is -0.155. The maximum absolute atomic E-state index is 14.7. The zero-order valence-electron chi connectivity index (χ0n) is 41.1. The third-order valence-electron chi connectivity index (χ3n) is 14.4. The van der Waals surface area contributed by atoms with E-state index in [1.54, 1.807) is 25.3 Å². The summed E-state index contributed by atoms with van der Waals surface area (Å²) in [4.78, 5) is 83.8. The molecule has 370 valence electrons. The first-order chi connectivity index (χ1) is 32.8. The number of piperidine rings is 1. The summed E-state index contributed by atoms with van der Waals surface area (Å²) in [6, 6.07) is 7.23. The number of amides is 5. The summed E-state index contributed by atoms with van der Waals surface area (Å²) in [5.41, 5.74) is 9.02. The fourth-order valence-corrected chi connectivity index (χ4v) is 11.5. The number of rotatable bonds is 9. The number of pyridine rings is 1. The number of hydrogen-bond donors (Lipinski definition) is 2. The number of likely N-dealkylation sites (tertiary alicyclic amines) is 2. The van der Waals surface area contributed by atoms with Gasteiger partial charge in [-0.2, -0.15) is 0 Å². The Kier molecular flexibility index (Phi) is 14.4. The first-order valence-electron chi connectivity index (χ1n) is 24.1. The minimum atomic E-state index is -1.10. The highest BCUT2D eigenvalue weighted by atomic mass is 32.1. The van der Waals surface area contributed by atoms with E-state index >= 15 is 0 Å². The van der Waals surface area contributed by atoms with Crippen molar-refractivity contribution in [2.24, 2.45) is 16.7 Å². The molecule has 1 aromatic carbocycles. The van der Waals surface area contributed by atoms with E-state index in [4.69, 9.17) is 19.4 Å². The second-order valence-electron chi connectivity index (χ2n) is 20.4. The topological polar surface area (TPSA) is 172 Å². The van der Waals surface area contributed by atoms with Crippen LogP contribution in [0, 0.1) is 16.7 Å². The average Bonchev–Trinajstić information content (AvgIpc) is 3.92. The number of fused-ring (bicyclic) bond motifs is 6. The van der Waals surface area contributed by atoms with E-state index in [0.29, 0.717) is 76.4 Å². The number of hydrogen-bond acceptors (Lipinski definition) is 11. The number of ether oxygens (including phenoxy) is 2. The zero-order valence-corrected chi connectivity index (χ0v) is 41.9. The molecule has 7 heterocycles. The predicted molar refractivity (Wildman–Crippen MR) is 261 cm³/mol. The lowest BCUT2D eigenvalue weighted by Gasteiger charge is -2.54. The van der Waals surface area contributed by atoms with Gasteiger partial charge in [0.1, 0.15) is 18.1 Å². The molecule has 18 heteroatoms. The summed E-state index contributed by atoms with van der Waals surface area (Å²) >= 11 is 1.40. The monoisotopic (exact) mass is 967 g/mol. The van der Waals surface area contributed by atoms with Crippen LogP contribution in [0.1, 0.15) is 89.6 Å². The molecule has 2 N–H and O–H groups in total. The van der Waals surface area contributed by atoms with E-state index in [1.165, 1.54) is 26.1 Å². The van der Waals surface area contributed by atoms with Crippen LogP contribution in [0.3, 0.4) is 0 Å². The van der Waals surface area contributed by atoms with Crippen molar-refractivity contribution in [1.29, 1.82) is 0 Å². The second-order valence-corrected chi connectivity index (χ2v) is 21.3. The lowest BCUT2D eigenvalue weighted by atomic mass is 9.72. The van der Waals surface area contributed by atoms with E-state index in [1.807, 2.05) is 32.2 Å². The van der Waals surface area contributed by atoms with Crippen LogP contribution < -0.4 is 10.7 Å². The summed E-state index contributed by atoms with van der Waals surface area (Å²) in [6.07, 6.45) is 4.41.